The molecular formula is C10H19NO4. The SMILES string of the molecule is CC[C@H](C)[C@@H](NC(=O)COC)C(=O)OC. The predicted octanol–water partition coefficient (Wildman–Crippen LogP) is 0.337. The lowest BCUT2D eigenvalue weighted by Gasteiger charge is -2.21. The van der Waals surface area contributed by atoms with Gasteiger partial charge in [0.05, 0.1) is 7.11 Å². The Balaban J connectivity index is 4.37. The Bertz CT molecular complexity index is 217. The van der Waals surface area contributed by atoms with Crippen molar-refractivity contribution in [1.29, 1.82) is 0 Å². The van der Waals surface area contributed by atoms with Crippen LogP contribution in [0, 0.1) is 5.92 Å². The zero-order valence-electron chi connectivity index (χ0n) is 9.70. The molecule has 0 aromatic carbocycles. The molecule has 0 aliphatic carbocycles. The van der Waals surface area contributed by atoms with Crippen LogP contribution in [0.5, 0.6) is 0 Å². The van der Waals surface area contributed by atoms with Crippen LogP contribution in [0.15, 0.2) is 0 Å². The maximum absolute atomic E-state index is 11.4. The molecule has 5 heteroatoms. The molecule has 0 radical (unpaired) electrons. The second-order valence-electron chi connectivity index (χ2n) is 3.39. The van der Waals surface area contributed by atoms with Crippen molar-refractivity contribution in [2.24, 2.45) is 5.92 Å². The first kappa shape index (κ1) is 13.9. The number of ether oxygens (including phenoxy) is 2. The van der Waals surface area contributed by atoms with Crippen molar-refractivity contribution in [2.75, 3.05) is 20.8 Å². The Hall–Kier alpha value is -1.10. The number of hydrogen-bond donors (Lipinski definition) is 1. The van der Waals surface area contributed by atoms with Gasteiger partial charge in [-0.05, 0) is 5.92 Å². The molecule has 0 aliphatic rings. The quantitative estimate of drug-likeness (QED) is 0.651. The number of methoxy groups -OCH3 is 2. The molecule has 5 nitrogen and oxygen atoms in total. The van der Waals surface area contributed by atoms with E-state index in [1.165, 1.54) is 14.2 Å². The fourth-order valence-electron chi connectivity index (χ4n) is 1.14. The van der Waals surface area contributed by atoms with Crippen LogP contribution in [0.3, 0.4) is 0 Å². The van der Waals surface area contributed by atoms with Crippen molar-refractivity contribution >= 4 is 11.9 Å². The van der Waals surface area contributed by atoms with Gasteiger partial charge < -0.3 is 14.8 Å². The number of hydrogen-bond acceptors (Lipinski definition) is 4. The smallest absolute Gasteiger partial charge is 0.328 e. The molecule has 88 valence electrons. The number of carbonyl (C=O) groups excluding carboxylic acids is 2. The molecule has 0 saturated heterocycles. The number of rotatable bonds is 6. The van der Waals surface area contributed by atoms with E-state index in [2.05, 4.69) is 14.8 Å². The summed E-state index contributed by atoms with van der Waals surface area (Å²) >= 11 is 0. The van der Waals surface area contributed by atoms with Crippen molar-refractivity contribution in [3.8, 4) is 0 Å². The van der Waals surface area contributed by atoms with Gasteiger partial charge in [-0.15, -0.1) is 0 Å². The highest BCUT2D eigenvalue weighted by Crippen LogP contribution is 2.08. The van der Waals surface area contributed by atoms with E-state index in [9.17, 15) is 9.59 Å². The summed E-state index contributed by atoms with van der Waals surface area (Å²) in [4.78, 5) is 22.6. The van der Waals surface area contributed by atoms with Gasteiger partial charge in [0.25, 0.3) is 0 Å². The molecule has 0 unspecified atom stereocenters. The summed E-state index contributed by atoms with van der Waals surface area (Å²) in [6.45, 7) is 3.78. The zero-order chi connectivity index (χ0) is 11.8. The van der Waals surface area contributed by atoms with Crippen LogP contribution in [0.1, 0.15) is 20.3 Å². The molecule has 0 rings (SSSR count). The highest BCUT2D eigenvalue weighted by molar-refractivity contribution is 5.85. The minimum Gasteiger partial charge on any atom is -0.467 e. The lowest BCUT2D eigenvalue weighted by atomic mass is 9.99. The first-order chi connectivity index (χ1) is 7.06. The highest BCUT2D eigenvalue weighted by Gasteiger charge is 2.26. The molecule has 0 aromatic rings. The average Bonchev–Trinajstić information content (AvgIpc) is 2.24. The summed E-state index contributed by atoms with van der Waals surface area (Å²) in [5.74, 6) is -0.694. The standard InChI is InChI=1S/C10H19NO4/c1-5-7(2)9(10(13)15-4)11-8(12)6-14-3/h7,9H,5-6H2,1-4H3,(H,11,12)/t7-,9+/m0/s1. The first-order valence-electron chi connectivity index (χ1n) is 4.92. The molecule has 1 N–H and O–H groups in total. The van der Waals surface area contributed by atoms with Crippen LogP contribution in [0.2, 0.25) is 0 Å². The van der Waals surface area contributed by atoms with Gasteiger partial charge in [-0.1, -0.05) is 20.3 Å². The van der Waals surface area contributed by atoms with Gasteiger partial charge in [-0.25, -0.2) is 4.79 Å². The third-order valence-electron chi connectivity index (χ3n) is 2.26. The van der Waals surface area contributed by atoms with Crippen molar-refractivity contribution in [3.63, 3.8) is 0 Å². The fourth-order valence-corrected chi connectivity index (χ4v) is 1.14. The maximum atomic E-state index is 11.4. The Labute approximate surface area is 90.1 Å². The lowest BCUT2D eigenvalue weighted by molar-refractivity contribution is -0.147. The maximum Gasteiger partial charge on any atom is 0.328 e. The van der Waals surface area contributed by atoms with Crippen molar-refractivity contribution in [3.05, 3.63) is 0 Å². The van der Waals surface area contributed by atoms with Gasteiger partial charge in [0.2, 0.25) is 5.91 Å². The third kappa shape index (κ3) is 4.78. The summed E-state index contributed by atoms with van der Waals surface area (Å²) in [6.07, 6.45) is 0.785. The van der Waals surface area contributed by atoms with Gasteiger partial charge in [0.15, 0.2) is 0 Å². The molecule has 2 atom stereocenters. The van der Waals surface area contributed by atoms with Crippen LogP contribution in [-0.2, 0) is 19.1 Å². The van der Waals surface area contributed by atoms with Crippen LogP contribution in [0.4, 0.5) is 0 Å². The van der Waals surface area contributed by atoms with E-state index in [0.29, 0.717) is 0 Å². The molecule has 0 bridgehead atoms. The van der Waals surface area contributed by atoms with Crippen LogP contribution in [-0.4, -0.2) is 38.7 Å². The Morgan fingerprint density at radius 1 is 1.33 bits per heavy atom. The monoisotopic (exact) mass is 217 g/mol. The van der Waals surface area contributed by atoms with E-state index in [4.69, 9.17) is 0 Å². The van der Waals surface area contributed by atoms with Gasteiger partial charge in [-0.3, -0.25) is 4.79 Å². The Morgan fingerprint density at radius 2 is 1.93 bits per heavy atom. The number of esters is 1. The largest absolute Gasteiger partial charge is 0.467 e. The van der Waals surface area contributed by atoms with E-state index < -0.39 is 12.0 Å². The van der Waals surface area contributed by atoms with Crippen LogP contribution >= 0.6 is 0 Å². The molecular weight excluding hydrogens is 198 g/mol. The number of carbonyl (C=O) groups is 2. The Morgan fingerprint density at radius 3 is 2.33 bits per heavy atom. The van der Waals surface area contributed by atoms with E-state index in [-0.39, 0.29) is 18.4 Å². The average molecular weight is 217 g/mol. The zero-order valence-corrected chi connectivity index (χ0v) is 9.70. The molecule has 0 aliphatic heterocycles. The summed E-state index contributed by atoms with van der Waals surface area (Å²) in [6, 6.07) is -0.595. The van der Waals surface area contributed by atoms with E-state index >= 15 is 0 Å². The molecule has 1 amide bonds. The first-order valence-corrected chi connectivity index (χ1v) is 4.92. The highest BCUT2D eigenvalue weighted by atomic mass is 16.5. The Kier molecular flexibility index (Phi) is 6.70. The second-order valence-corrected chi connectivity index (χ2v) is 3.39. The topological polar surface area (TPSA) is 64.6 Å². The van der Waals surface area contributed by atoms with Crippen LogP contribution in [0.25, 0.3) is 0 Å². The molecule has 0 spiro atoms. The lowest BCUT2D eigenvalue weighted by Crippen LogP contribution is -2.46. The normalized spacial score (nSPS) is 14.1. The predicted molar refractivity (Wildman–Crippen MR) is 55.3 cm³/mol. The van der Waals surface area contributed by atoms with Crippen molar-refractivity contribution in [1.82, 2.24) is 5.32 Å². The second kappa shape index (κ2) is 7.23. The summed E-state index contributed by atoms with van der Waals surface area (Å²) in [7, 11) is 2.73. The number of nitrogens with one attached hydrogen (secondary N) is 1. The molecule has 0 fully saturated rings. The molecule has 0 saturated carbocycles. The minimum atomic E-state index is -0.595. The van der Waals surface area contributed by atoms with E-state index in [1.54, 1.807) is 0 Å². The number of amides is 1. The van der Waals surface area contributed by atoms with Crippen molar-refractivity contribution < 1.29 is 19.1 Å². The summed E-state index contributed by atoms with van der Waals surface area (Å²) < 4.78 is 9.29. The van der Waals surface area contributed by atoms with E-state index in [1.807, 2.05) is 13.8 Å². The van der Waals surface area contributed by atoms with Gasteiger partial charge >= 0.3 is 5.97 Å². The fraction of sp³-hybridized carbons (Fsp3) is 0.800. The summed E-state index contributed by atoms with van der Waals surface area (Å²) in [5, 5.41) is 2.58. The minimum absolute atomic E-state index is 0.0401. The van der Waals surface area contributed by atoms with Gasteiger partial charge in [0, 0.05) is 7.11 Å². The third-order valence-corrected chi connectivity index (χ3v) is 2.26. The van der Waals surface area contributed by atoms with E-state index in [0.717, 1.165) is 6.42 Å². The molecule has 0 aromatic heterocycles. The molecule has 0 heterocycles. The molecule has 15 heavy (non-hydrogen) atoms. The van der Waals surface area contributed by atoms with Gasteiger partial charge in [-0.2, -0.15) is 0 Å². The summed E-state index contributed by atoms with van der Waals surface area (Å²) in [5.41, 5.74) is 0. The van der Waals surface area contributed by atoms with Gasteiger partial charge in [0.1, 0.15) is 12.6 Å². The van der Waals surface area contributed by atoms with Crippen LogP contribution < -0.4 is 5.32 Å². The van der Waals surface area contributed by atoms with Crippen molar-refractivity contribution in [2.45, 2.75) is 26.3 Å².